The number of carbonyl (C=O) groups is 2. The first kappa shape index (κ1) is 13.8. The average Bonchev–Trinajstić information content (AvgIpc) is 2.73. The molecule has 112 valence electrons. The van der Waals surface area contributed by atoms with Gasteiger partial charge in [0.15, 0.2) is 0 Å². The van der Waals surface area contributed by atoms with E-state index in [0.717, 1.165) is 5.69 Å². The molecule has 3 heterocycles. The molecule has 0 unspecified atom stereocenters. The lowest BCUT2D eigenvalue weighted by Gasteiger charge is -2.30. The predicted octanol–water partition coefficient (Wildman–Crippen LogP) is 0.724. The number of hydrogen-bond donors (Lipinski definition) is 2. The molecule has 0 radical (unpaired) electrons. The highest BCUT2D eigenvalue weighted by Gasteiger charge is 2.51. The monoisotopic (exact) mass is 290 g/mol. The third-order valence-electron chi connectivity index (χ3n) is 4.02. The van der Waals surface area contributed by atoms with Crippen molar-refractivity contribution in [1.82, 2.24) is 15.2 Å². The first-order valence-corrected chi connectivity index (χ1v) is 6.99. The van der Waals surface area contributed by atoms with Crippen LogP contribution in [0.1, 0.15) is 18.5 Å². The van der Waals surface area contributed by atoms with Crippen LogP contribution in [0.15, 0.2) is 18.3 Å². The average molecular weight is 290 g/mol. The van der Waals surface area contributed by atoms with Gasteiger partial charge in [-0.1, -0.05) is 0 Å². The van der Waals surface area contributed by atoms with Crippen molar-refractivity contribution in [2.45, 2.75) is 24.9 Å². The van der Waals surface area contributed by atoms with Crippen LogP contribution in [0.25, 0.3) is 0 Å². The fourth-order valence-electron chi connectivity index (χ4n) is 2.76. The van der Waals surface area contributed by atoms with Crippen LogP contribution in [-0.2, 0) is 16.1 Å². The van der Waals surface area contributed by atoms with Crippen LogP contribution in [-0.4, -0.2) is 47.6 Å². The number of nitrogens with one attached hydrogen (secondary N) is 2. The summed E-state index contributed by atoms with van der Waals surface area (Å²) in [6.45, 7) is 1.17. The number of amides is 3. The van der Waals surface area contributed by atoms with Crippen LogP contribution in [0, 0.1) is 0 Å². The summed E-state index contributed by atoms with van der Waals surface area (Å²) in [5, 5.41) is 5.84. The molecule has 0 bridgehead atoms. The minimum absolute atomic E-state index is 0.174. The Morgan fingerprint density at radius 1 is 1.43 bits per heavy atom. The van der Waals surface area contributed by atoms with E-state index in [0.29, 0.717) is 31.7 Å². The Hall–Kier alpha value is -2.15. The minimum atomic E-state index is -0.782. The van der Waals surface area contributed by atoms with Gasteiger partial charge in [-0.05, 0) is 12.1 Å². The molecule has 7 heteroatoms. The zero-order chi connectivity index (χ0) is 14.9. The number of hydrogen-bond acceptors (Lipinski definition) is 5. The Morgan fingerprint density at radius 3 is 2.90 bits per heavy atom. The van der Waals surface area contributed by atoms with Gasteiger partial charge in [-0.2, -0.15) is 0 Å². The highest BCUT2D eigenvalue weighted by atomic mass is 16.5. The van der Waals surface area contributed by atoms with E-state index in [1.807, 2.05) is 19.2 Å². The van der Waals surface area contributed by atoms with Crippen LogP contribution < -0.4 is 10.6 Å². The summed E-state index contributed by atoms with van der Waals surface area (Å²) in [5.74, 6) is -0.174. The van der Waals surface area contributed by atoms with Crippen molar-refractivity contribution >= 4 is 17.6 Å². The number of rotatable bonds is 3. The van der Waals surface area contributed by atoms with E-state index in [9.17, 15) is 9.59 Å². The van der Waals surface area contributed by atoms with E-state index in [1.165, 1.54) is 4.90 Å². The Balaban J connectivity index is 1.79. The number of nitrogens with zero attached hydrogens (tertiary/aromatic N) is 2. The van der Waals surface area contributed by atoms with E-state index >= 15 is 0 Å². The highest BCUT2D eigenvalue weighted by Crippen LogP contribution is 2.29. The van der Waals surface area contributed by atoms with Crippen molar-refractivity contribution in [3.05, 3.63) is 24.0 Å². The first-order valence-electron chi connectivity index (χ1n) is 6.99. The highest BCUT2D eigenvalue weighted by molar-refractivity contribution is 6.07. The van der Waals surface area contributed by atoms with Crippen molar-refractivity contribution < 1.29 is 14.3 Å². The molecule has 2 fully saturated rings. The molecule has 0 aromatic carbocycles. The van der Waals surface area contributed by atoms with E-state index in [2.05, 4.69) is 15.6 Å². The van der Waals surface area contributed by atoms with Crippen LogP contribution >= 0.6 is 0 Å². The number of aromatic nitrogens is 1. The zero-order valence-electron chi connectivity index (χ0n) is 11.9. The van der Waals surface area contributed by atoms with Gasteiger partial charge in [-0.25, -0.2) is 4.79 Å². The largest absolute Gasteiger partial charge is 0.388 e. The second-order valence-corrected chi connectivity index (χ2v) is 5.30. The van der Waals surface area contributed by atoms with Gasteiger partial charge >= 0.3 is 6.03 Å². The smallest absolute Gasteiger partial charge is 0.325 e. The quantitative estimate of drug-likeness (QED) is 0.802. The molecule has 3 rings (SSSR count). The summed E-state index contributed by atoms with van der Waals surface area (Å²) in [4.78, 5) is 30.2. The Kier molecular flexibility index (Phi) is 3.50. The van der Waals surface area contributed by atoms with Crippen LogP contribution in [0.2, 0.25) is 0 Å². The summed E-state index contributed by atoms with van der Waals surface area (Å²) in [6, 6.07) is 3.31. The Bertz CT molecular complexity index is 569. The van der Waals surface area contributed by atoms with Crippen molar-refractivity contribution in [3.8, 4) is 0 Å². The first-order chi connectivity index (χ1) is 10.1. The zero-order valence-corrected chi connectivity index (χ0v) is 11.9. The maximum atomic E-state index is 12.6. The fourth-order valence-corrected chi connectivity index (χ4v) is 2.76. The van der Waals surface area contributed by atoms with Crippen molar-refractivity contribution in [3.63, 3.8) is 0 Å². The lowest BCUT2D eigenvalue weighted by Crippen LogP contribution is -2.51. The van der Waals surface area contributed by atoms with Gasteiger partial charge < -0.3 is 15.4 Å². The molecule has 21 heavy (non-hydrogen) atoms. The number of urea groups is 1. The van der Waals surface area contributed by atoms with Gasteiger partial charge in [0.1, 0.15) is 5.54 Å². The van der Waals surface area contributed by atoms with Crippen molar-refractivity contribution in [1.29, 1.82) is 0 Å². The van der Waals surface area contributed by atoms with Crippen molar-refractivity contribution in [2.75, 3.05) is 25.6 Å². The van der Waals surface area contributed by atoms with Gasteiger partial charge in [-0.15, -0.1) is 0 Å². The summed E-state index contributed by atoms with van der Waals surface area (Å²) in [7, 11) is 1.81. The summed E-state index contributed by atoms with van der Waals surface area (Å²) in [5.41, 5.74) is 0.790. The van der Waals surface area contributed by atoms with E-state index in [-0.39, 0.29) is 18.5 Å². The second-order valence-electron chi connectivity index (χ2n) is 5.30. The molecule has 1 aromatic heterocycles. The predicted molar refractivity (Wildman–Crippen MR) is 75.6 cm³/mol. The molecule has 0 saturated carbocycles. The number of carbonyl (C=O) groups excluding carboxylic acids is 2. The van der Waals surface area contributed by atoms with Crippen LogP contribution in [0.3, 0.4) is 0 Å². The van der Waals surface area contributed by atoms with Gasteiger partial charge in [0.2, 0.25) is 0 Å². The molecule has 1 aromatic rings. The summed E-state index contributed by atoms with van der Waals surface area (Å²) >= 11 is 0. The van der Waals surface area contributed by atoms with E-state index in [4.69, 9.17) is 4.74 Å². The number of pyridine rings is 1. The summed E-state index contributed by atoms with van der Waals surface area (Å²) < 4.78 is 5.28. The van der Waals surface area contributed by atoms with Gasteiger partial charge in [-0.3, -0.25) is 14.7 Å². The molecule has 2 saturated heterocycles. The second kappa shape index (κ2) is 5.33. The summed E-state index contributed by atoms with van der Waals surface area (Å²) in [6.07, 6.45) is 2.71. The number of anilines is 1. The van der Waals surface area contributed by atoms with E-state index < -0.39 is 5.54 Å². The minimum Gasteiger partial charge on any atom is -0.388 e. The molecule has 2 aliphatic rings. The third kappa shape index (κ3) is 2.44. The lowest BCUT2D eigenvalue weighted by atomic mass is 9.90. The molecular formula is C14H18N4O3. The van der Waals surface area contributed by atoms with Gasteiger partial charge in [0.05, 0.1) is 12.2 Å². The standard InChI is InChI=1S/C14H18N4O3/c1-15-10-2-5-16-11(8-10)9-18-12(19)14(17-13(18)20)3-6-21-7-4-14/h2,5,8H,3-4,6-7,9H2,1H3,(H,15,16)(H,17,20). The fraction of sp³-hybridized carbons (Fsp3) is 0.500. The Labute approximate surface area is 122 Å². The molecule has 3 amide bonds. The van der Waals surface area contributed by atoms with Crippen LogP contribution in [0.5, 0.6) is 0 Å². The molecule has 0 aliphatic carbocycles. The Morgan fingerprint density at radius 2 is 2.19 bits per heavy atom. The normalized spacial score (nSPS) is 20.7. The van der Waals surface area contributed by atoms with E-state index in [1.54, 1.807) is 6.20 Å². The molecular weight excluding hydrogens is 272 g/mol. The molecule has 1 spiro atoms. The van der Waals surface area contributed by atoms with Crippen molar-refractivity contribution in [2.24, 2.45) is 0 Å². The maximum absolute atomic E-state index is 12.6. The third-order valence-corrected chi connectivity index (χ3v) is 4.02. The molecule has 2 N–H and O–H groups in total. The SMILES string of the molecule is CNc1ccnc(CN2C(=O)NC3(CCOCC3)C2=O)c1. The molecule has 0 atom stereocenters. The van der Waals surface area contributed by atoms with Gasteiger partial charge in [0, 0.05) is 45.0 Å². The lowest BCUT2D eigenvalue weighted by molar-refractivity contribution is -0.134. The topological polar surface area (TPSA) is 83.6 Å². The van der Waals surface area contributed by atoms with Gasteiger partial charge in [0.25, 0.3) is 5.91 Å². The van der Waals surface area contributed by atoms with Crippen LogP contribution in [0.4, 0.5) is 10.5 Å². The number of imide groups is 1. The molecule has 2 aliphatic heterocycles. The number of ether oxygens (including phenoxy) is 1. The maximum Gasteiger partial charge on any atom is 0.325 e. The molecule has 7 nitrogen and oxygen atoms in total.